The Labute approximate surface area is 236 Å². The van der Waals surface area contributed by atoms with Crippen LogP contribution in [0.5, 0.6) is 0 Å². The van der Waals surface area contributed by atoms with Gasteiger partial charge in [-0.25, -0.2) is 0 Å². The average Bonchev–Trinajstić information content (AvgIpc) is 3.63. The predicted molar refractivity (Wildman–Crippen MR) is 166 cm³/mol. The fraction of sp³-hybridized carbons (Fsp3) is 0.282. The topological polar surface area (TPSA) is 15.8 Å². The molecule has 1 heteroatoms. The molecule has 1 aromatic heterocycles. The monoisotopic (exact) mass is 515 g/mol. The molecule has 8 aliphatic carbocycles. The minimum atomic E-state index is -0.0984. The first-order chi connectivity index (χ1) is 19.8. The summed E-state index contributed by atoms with van der Waals surface area (Å²) in [6.07, 6.45) is 39.3. The second-order valence-corrected chi connectivity index (χ2v) is 12.9. The predicted octanol–water partition coefficient (Wildman–Crippen LogP) is 9.63. The van der Waals surface area contributed by atoms with Crippen molar-refractivity contribution in [1.29, 1.82) is 0 Å². The van der Waals surface area contributed by atoms with Crippen LogP contribution in [-0.2, 0) is 5.41 Å². The maximum Gasteiger partial charge on any atom is 0.0645 e. The van der Waals surface area contributed by atoms with Crippen LogP contribution in [0.3, 0.4) is 0 Å². The molecule has 2 aromatic rings. The molecule has 194 valence electrons. The van der Waals surface area contributed by atoms with E-state index in [-0.39, 0.29) is 5.41 Å². The first-order valence-corrected chi connectivity index (χ1v) is 15.5. The molecule has 0 saturated heterocycles. The molecular weight excluding hydrogens is 482 g/mol. The van der Waals surface area contributed by atoms with E-state index in [2.05, 4.69) is 96.1 Å². The van der Waals surface area contributed by atoms with Crippen molar-refractivity contribution < 1.29 is 0 Å². The van der Waals surface area contributed by atoms with Gasteiger partial charge in [-0.2, -0.15) is 0 Å². The second kappa shape index (κ2) is 7.67. The third-order valence-electron chi connectivity index (χ3n) is 11.3. The van der Waals surface area contributed by atoms with Gasteiger partial charge in [-0.1, -0.05) is 84.6 Å². The Morgan fingerprint density at radius 2 is 1.75 bits per heavy atom. The zero-order chi connectivity index (χ0) is 26.0. The molecule has 0 saturated carbocycles. The van der Waals surface area contributed by atoms with Crippen LogP contribution < -0.4 is 0 Å². The lowest BCUT2D eigenvalue weighted by molar-refractivity contribution is 0.621. The summed E-state index contributed by atoms with van der Waals surface area (Å²) in [5.74, 6) is 1.41. The molecule has 4 unspecified atom stereocenters. The third kappa shape index (κ3) is 2.52. The van der Waals surface area contributed by atoms with Gasteiger partial charge in [-0.3, -0.25) is 0 Å². The summed E-state index contributed by atoms with van der Waals surface area (Å²) in [5.41, 5.74) is 18.6. The first kappa shape index (κ1) is 21.9. The minimum Gasteiger partial charge on any atom is -0.357 e. The molecule has 0 radical (unpaired) electrons. The van der Waals surface area contributed by atoms with E-state index in [1.807, 2.05) is 0 Å². The standard InChI is InChI=1S/C39H33N/c1-3-11-25-23(9-1)18-20-34-37(25)31-22-36-30(29-19-17-24-10-2-4-12-26(24)38(29)40-36)21-35(31)39(34)32-15-7-5-13-27(32)28-14-6-8-16-33(28)39/h1-2,4-5,7-10,12,15-17,19,21-22,24,26-27,40H,3,6,11,13-14,18,20H2. The molecule has 1 N–H and O–H groups in total. The normalized spacial score (nSPS) is 31.9. The van der Waals surface area contributed by atoms with Crippen LogP contribution in [0.25, 0.3) is 22.6 Å². The van der Waals surface area contributed by atoms with Crippen molar-refractivity contribution in [3.05, 3.63) is 141 Å². The van der Waals surface area contributed by atoms with E-state index in [4.69, 9.17) is 0 Å². The van der Waals surface area contributed by atoms with Crippen LogP contribution in [0.15, 0.2) is 118 Å². The lowest BCUT2D eigenvalue weighted by Crippen LogP contribution is -2.31. The summed E-state index contributed by atoms with van der Waals surface area (Å²) in [6.45, 7) is 0. The fourth-order valence-electron chi connectivity index (χ4n) is 9.76. The smallest absolute Gasteiger partial charge is 0.0645 e. The summed E-state index contributed by atoms with van der Waals surface area (Å²) in [5, 5.41) is 1.40. The summed E-state index contributed by atoms with van der Waals surface area (Å²) >= 11 is 0. The van der Waals surface area contributed by atoms with Crippen LogP contribution in [0.1, 0.15) is 73.2 Å². The van der Waals surface area contributed by atoms with Gasteiger partial charge >= 0.3 is 0 Å². The first-order valence-electron chi connectivity index (χ1n) is 15.5. The number of benzene rings is 1. The van der Waals surface area contributed by atoms with Crippen LogP contribution in [-0.4, -0.2) is 4.98 Å². The molecule has 1 spiro atoms. The van der Waals surface area contributed by atoms with Crippen molar-refractivity contribution in [3.63, 3.8) is 0 Å². The lowest BCUT2D eigenvalue weighted by Gasteiger charge is -2.38. The van der Waals surface area contributed by atoms with Crippen LogP contribution in [0.4, 0.5) is 0 Å². The number of aromatic amines is 1. The number of hydrogen-bond donors (Lipinski definition) is 1. The molecule has 4 atom stereocenters. The van der Waals surface area contributed by atoms with Gasteiger partial charge < -0.3 is 4.98 Å². The Balaban J connectivity index is 1.31. The molecule has 1 aromatic carbocycles. The number of aromatic nitrogens is 1. The number of hydrogen-bond acceptors (Lipinski definition) is 0. The van der Waals surface area contributed by atoms with Crippen LogP contribution >= 0.6 is 0 Å². The van der Waals surface area contributed by atoms with Gasteiger partial charge in [-0.05, 0) is 102 Å². The zero-order valence-electron chi connectivity index (χ0n) is 22.8. The summed E-state index contributed by atoms with van der Waals surface area (Å²) in [4.78, 5) is 3.96. The highest BCUT2D eigenvalue weighted by Crippen LogP contribution is 2.68. The van der Waals surface area contributed by atoms with Gasteiger partial charge in [0.25, 0.3) is 0 Å². The number of allylic oxidation sites excluding steroid dienone is 19. The molecule has 10 rings (SSSR count). The van der Waals surface area contributed by atoms with Gasteiger partial charge in [-0.15, -0.1) is 0 Å². The SMILES string of the molecule is C1=CCC2C(=C1)C1(C3=C2CCC=C3)C2=C(C3=C(C=CCC3)CC2)c2cc3[nH]c4c(c3cc21)C=CC1C=CC=CC41. The molecule has 0 bridgehead atoms. The van der Waals surface area contributed by atoms with E-state index >= 15 is 0 Å². The Morgan fingerprint density at radius 1 is 0.825 bits per heavy atom. The average molecular weight is 516 g/mol. The summed E-state index contributed by atoms with van der Waals surface area (Å²) < 4.78 is 0. The molecule has 40 heavy (non-hydrogen) atoms. The Kier molecular flexibility index (Phi) is 4.20. The molecule has 1 nitrogen and oxygen atoms in total. The quantitative estimate of drug-likeness (QED) is 0.359. The van der Waals surface area contributed by atoms with E-state index in [0.29, 0.717) is 17.8 Å². The Hall–Kier alpha value is -3.84. The van der Waals surface area contributed by atoms with E-state index in [9.17, 15) is 0 Å². The van der Waals surface area contributed by atoms with Gasteiger partial charge in [0.1, 0.15) is 0 Å². The molecule has 0 amide bonds. The van der Waals surface area contributed by atoms with Crippen molar-refractivity contribution in [1.82, 2.24) is 4.98 Å². The maximum absolute atomic E-state index is 3.96. The molecule has 0 aliphatic heterocycles. The maximum atomic E-state index is 3.96. The van der Waals surface area contributed by atoms with E-state index in [0.717, 1.165) is 12.8 Å². The molecular formula is C39H33N. The third-order valence-corrected chi connectivity index (χ3v) is 11.3. The number of rotatable bonds is 0. The number of H-pyrrole nitrogens is 1. The Bertz CT molecular complexity index is 1880. The second-order valence-electron chi connectivity index (χ2n) is 12.9. The van der Waals surface area contributed by atoms with Gasteiger partial charge in [0, 0.05) is 39.9 Å². The minimum absolute atomic E-state index is 0.0984. The number of fused-ring (bicyclic) bond motifs is 14. The highest BCUT2D eigenvalue weighted by Gasteiger charge is 2.57. The summed E-state index contributed by atoms with van der Waals surface area (Å²) in [7, 11) is 0. The summed E-state index contributed by atoms with van der Waals surface area (Å²) in [6, 6.07) is 5.20. The van der Waals surface area contributed by atoms with Crippen molar-refractivity contribution in [2.45, 2.75) is 56.3 Å². The number of nitrogens with one attached hydrogen (secondary N) is 1. The zero-order valence-corrected chi connectivity index (χ0v) is 22.8. The van der Waals surface area contributed by atoms with Crippen LogP contribution in [0.2, 0.25) is 0 Å². The van der Waals surface area contributed by atoms with Crippen molar-refractivity contribution in [3.8, 4) is 0 Å². The molecule has 0 fully saturated rings. The largest absolute Gasteiger partial charge is 0.357 e. The highest BCUT2D eigenvalue weighted by molar-refractivity contribution is 6.02. The molecule has 8 aliphatic rings. The lowest BCUT2D eigenvalue weighted by atomic mass is 9.64. The van der Waals surface area contributed by atoms with Gasteiger partial charge in [0.05, 0.1) is 5.41 Å². The Morgan fingerprint density at radius 3 is 2.75 bits per heavy atom. The van der Waals surface area contributed by atoms with Gasteiger partial charge in [0.2, 0.25) is 0 Å². The van der Waals surface area contributed by atoms with E-state index < -0.39 is 0 Å². The van der Waals surface area contributed by atoms with Crippen molar-refractivity contribution >= 4 is 22.6 Å². The van der Waals surface area contributed by atoms with E-state index in [1.165, 1.54) is 59.8 Å². The molecule has 1 heterocycles. The van der Waals surface area contributed by atoms with Crippen molar-refractivity contribution in [2.24, 2.45) is 11.8 Å². The highest BCUT2D eigenvalue weighted by atomic mass is 14.7. The van der Waals surface area contributed by atoms with Gasteiger partial charge in [0.15, 0.2) is 0 Å². The van der Waals surface area contributed by atoms with Crippen molar-refractivity contribution in [2.75, 3.05) is 0 Å². The fourth-order valence-corrected chi connectivity index (χ4v) is 9.76. The van der Waals surface area contributed by atoms with E-state index in [1.54, 1.807) is 44.6 Å². The van der Waals surface area contributed by atoms with Crippen LogP contribution in [0, 0.1) is 11.8 Å².